The van der Waals surface area contributed by atoms with Crippen LogP contribution in [0.1, 0.15) is 12.0 Å². The topological polar surface area (TPSA) is 53.1 Å². The zero-order valence-corrected chi connectivity index (χ0v) is 9.13. The maximum absolute atomic E-state index is 13.3. The Morgan fingerprint density at radius 1 is 1.44 bits per heavy atom. The zero-order valence-electron chi connectivity index (χ0n) is 9.13. The van der Waals surface area contributed by atoms with Gasteiger partial charge in [0.2, 0.25) is 0 Å². The van der Waals surface area contributed by atoms with E-state index in [1.165, 1.54) is 6.07 Å². The molecule has 5 heteroatoms. The Kier molecular flexibility index (Phi) is 4.37. The van der Waals surface area contributed by atoms with Crippen molar-refractivity contribution in [3.8, 4) is 0 Å². The Morgan fingerprint density at radius 3 is 2.75 bits per heavy atom. The SMILES string of the molecule is CN(CCC(=N)N)Cc1cc(F)ccc1F. The van der Waals surface area contributed by atoms with Gasteiger partial charge in [0.1, 0.15) is 11.6 Å². The monoisotopic (exact) mass is 227 g/mol. The maximum atomic E-state index is 13.3. The van der Waals surface area contributed by atoms with Gasteiger partial charge >= 0.3 is 0 Å². The number of halogens is 2. The molecule has 0 aliphatic heterocycles. The van der Waals surface area contributed by atoms with Crippen molar-refractivity contribution in [2.45, 2.75) is 13.0 Å². The van der Waals surface area contributed by atoms with E-state index >= 15 is 0 Å². The number of rotatable bonds is 5. The molecule has 16 heavy (non-hydrogen) atoms. The standard InChI is InChI=1S/C11H15F2N3/c1-16(5-4-11(14)15)7-8-6-9(12)2-3-10(8)13/h2-3,6H,4-5,7H2,1H3,(H3,14,15). The summed E-state index contributed by atoms with van der Waals surface area (Å²) in [6.07, 6.45) is 0.424. The molecule has 1 aromatic rings. The number of hydrogen-bond acceptors (Lipinski definition) is 2. The largest absolute Gasteiger partial charge is 0.388 e. The third-order valence-electron chi connectivity index (χ3n) is 2.21. The van der Waals surface area contributed by atoms with Crippen LogP contribution in [-0.4, -0.2) is 24.3 Å². The van der Waals surface area contributed by atoms with Gasteiger partial charge in [0.25, 0.3) is 0 Å². The molecule has 0 aromatic heterocycles. The van der Waals surface area contributed by atoms with Crippen molar-refractivity contribution in [1.29, 1.82) is 5.41 Å². The highest BCUT2D eigenvalue weighted by Crippen LogP contribution is 2.11. The van der Waals surface area contributed by atoms with Gasteiger partial charge in [0, 0.05) is 25.1 Å². The summed E-state index contributed by atoms with van der Waals surface area (Å²) in [5.74, 6) is -0.779. The highest BCUT2D eigenvalue weighted by atomic mass is 19.1. The average Bonchev–Trinajstić information content (AvgIpc) is 2.20. The second kappa shape index (κ2) is 5.55. The van der Waals surface area contributed by atoms with Crippen molar-refractivity contribution in [3.63, 3.8) is 0 Å². The molecular formula is C11H15F2N3. The maximum Gasteiger partial charge on any atom is 0.127 e. The van der Waals surface area contributed by atoms with Gasteiger partial charge in [-0.2, -0.15) is 0 Å². The lowest BCUT2D eigenvalue weighted by molar-refractivity contribution is 0.329. The van der Waals surface area contributed by atoms with Crippen LogP contribution in [0.4, 0.5) is 8.78 Å². The van der Waals surface area contributed by atoms with Crippen molar-refractivity contribution in [1.82, 2.24) is 4.90 Å². The van der Waals surface area contributed by atoms with E-state index in [1.54, 1.807) is 11.9 Å². The highest BCUT2D eigenvalue weighted by Gasteiger charge is 2.07. The molecule has 0 unspecified atom stereocenters. The molecule has 1 rings (SSSR count). The van der Waals surface area contributed by atoms with Crippen molar-refractivity contribution < 1.29 is 8.78 Å². The number of nitrogens with zero attached hydrogens (tertiary/aromatic N) is 1. The Morgan fingerprint density at radius 2 is 2.12 bits per heavy atom. The molecule has 88 valence electrons. The molecule has 3 N–H and O–H groups in total. The number of nitrogens with one attached hydrogen (secondary N) is 1. The summed E-state index contributed by atoms with van der Waals surface area (Å²) in [6.45, 7) is 0.849. The number of benzene rings is 1. The molecule has 0 spiro atoms. The Labute approximate surface area is 93.4 Å². The molecule has 0 aliphatic rings. The van der Waals surface area contributed by atoms with Crippen molar-refractivity contribution >= 4 is 5.84 Å². The lowest BCUT2D eigenvalue weighted by Gasteiger charge is -2.16. The first-order chi connectivity index (χ1) is 7.49. The molecule has 1 aromatic carbocycles. The predicted octanol–water partition coefficient (Wildman–Crippen LogP) is 1.72. The summed E-state index contributed by atoms with van der Waals surface area (Å²) in [5.41, 5.74) is 5.52. The average molecular weight is 227 g/mol. The van der Waals surface area contributed by atoms with Crippen LogP contribution in [0.25, 0.3) is 0 Å². The van der Waals surface area contributed by atoms with Crippen LogP contribution in [0.2, 0.25) is 0 Å². The molecule has 0 radical (unpaired) electrons. The van der Waals surface area contributed by atoms with Gasteiger partial charge in [0.15, 0.2) is 0 Å². The Balaban J connectivity index is 2.58. The van der Waals surface area contributed by atoms with E-state index in [4.69, 9.17) is 11.1 Å². The molecular weight excluding hydrogens is 212 g/mol. The van der Waals surface area contributed by atoms with Crippen LogP contribution >= 0.6 is 0 Å². The Hall–Kier alpha value is -1.49. The lowest BCUT2D eigenvalue weighted by atomic mass is 10.2. The first kappa shape index (κ1) is 12.6. The third-order valence-corrected chi connectivity index (χ3v) is 2.21. The fourth-order valence-corrected chi connectivity index (χ4v) is 1.35. The molecule has 0 atom stereocenters. The van der Waals surface area contributed by atoms with Crippen LogP contribution in [-0.2, 0) is 6.54 Å². The Bertz CT molecular complexity index is 379. The van der Waals surface area contributed by atoms with E-state index in [2.05, 4.69) is 0 Å². The molecule has 0 fully saturated rings. The van der Waals surface area contributed by atoms with E-state index < -0.39 is 11.6 Å². The lowest BCUT2D eigenvalue weighted by Crippen LogP contribution is -2.24. The normalized spacial score (nSPS) is 10.8. The quantitative estimate of drug-likeness (QED) is 0.594. The van der Waals surface area contributed by atoms with E-state index in [-0.39, 0.29) is 5.84 Å². The predicted molar refractivity (Wildman–Crippen MR) is 59.2 cm³/mol. The van der Waals surface area contributed by atoms with Gasteiger partial charge in [-0.15, -0.1) is 0 Å². The molecule has 0 saturated heterocycles. The van der Waals surface area contributed by atoms with Crippen molar-refractivity contribution in [2.75, 3.05) is 13.6 Å². The van der Waals surface area contributed by atoms with E-state index in [1.807, 2.05) is 0 Å². The summed E-state index contributed by atoms with van der Waals surface area (Å²) < 4.78 is 26.1. The molecule has 0 bridgehead atoms. The molecule has 0 amide bonds. The third kappa shape index (κ3) is 3.94. The van der Waals surface area contributed by atoms with E-state index in [0.717, 1.165) is 12.1 Å². The number of amidine groups is 1. The summed E-state index contributed by atoms with van der Waals surface area (Å²) in [6, 6.07) is 3.39. The van der Waals surface area contributed by atoms with Crippen LogP contribution < -0.4 is 5.73 Å². The first-order valence-electron chi connectivity index (χ1n) is 4.94. The summed E-state index contributed by atoms with van der Waals surface area (Å²) in [5, 5.41) is 7.06. The van der Waals surface area contributed by atoms with Crippen LogP contribution in [0.15, 0.2) is 18.2 Å². The van der Waals surface area contributed by atoms with Gasteiger partial charge in [-0.3, -0.25) is 5.41 Å². The summed E-state index contributed by atoms with van der Waals surface area (Å²) in [4.78, 5) is 1.79. The minimum Gasteiger partial charge on any atom is -0.388 e. The molecule has 0 aliphatic carbocycles. The number of hydrogen-bond donors (Lipinski definition) is 2. The fourth-order valence-electron chi connectivity index (χ4n) is 1.35. The fraction of sp³-hybridized carbons (Fsp3) is 0.364. The highest BCUT2D eigenvalue weighted by molar-refractivity contribution is 5.76. The summed E-state index contributed by atoms with van der Waals surface area (Å²) >= 11 is 0. The molecule has 0 saturated carbocycles. The van der Waals surface area contributed by atoms with Crippen LogP contribution in [0.3, 0.4) is 0 Å². The van der Waals surface area contributed by atoms with Gasteiger partial charge in [-0.05, 0) is 25.2 Å². The number of nitrogens with two attached hydrogens (primary N) is 1. The van der Waals surface area contributed by atoms with Crippen molar-refractivity contribution in [3.05, 3.63) is 35.4 Å². The zero-order chi connectivity index (χ0) is 12.1. The summed E-state index contributed by atoms with van der Waals surface area (Å²) in [7, 11) is 1.77. The second-order valence-corrected chi connectivity index (χ2v) is 3.75. The van der Waals surface area contributed by atoms with E-state index in [9.17, 15) is 8.78 Å². The van der Waals surface area contributed by atoms with Gasteiger partial charge in [0.05, 0.1) is 5.84 Å². The first-order valence-corrected chi connectivity index (χ1v) is 4.94. The van der Waals surface area contributed by atoms with Gasteiger partial charge < -0.3 is 10.6 Å². The van der Waals surface area contributed by atoms with Crippen LogP contribution in [0.5, 0.6) is 0 Å². The van der Waals surface area contributed by atoms with Gasteiger partial charge in [-0.25, -0.2) is 8.78 Å². The molecule has 3 nitrogen and oxygen atoms in total. The smallest absolute Gasteiger partial charge is 0.127 e. The minimum atomic E-state index is -0.448. The van der Waals surface area contributed by atoms with Crippen LogP contribution in [0, 0.1) is 17.0 Å². The van der Waals surface area contributed by atoms with Gasteiger partial charge in [-0.1, -0.05) is 0 Å². The van der Waals surface area contributed by atoms with Crippen molar-refractivity contribution in [2.24, 2.45) is 5.73 Å². The van der Waals surface area contributed by atoms with E-state index in [0.29, 0.717) is 25.1 Å². The second-order valence-electron chi connectivity index (χ2n) is 3.75. The minimum absolute atomic E-state index is 0.0894. The molecule has 0 heterocycles.